The Bertz CT molecular complexity index is 484. The normalized spacial score (nSPS) is 33.5. The van der Waals surface area contributed by atoms with Crippen molar-refractivity contribution in [1.29, 1.82) is 0 Å². The molecular formula is C15H18O4. The van der Waals surface area contributed by atoms with Crippen LogP contribution in [0.15, 0.2) is 35.5 Å². The molecule has 0 spiro atoms. The van der Waals surface area contributed by atoms with E-state index in [0.717, 1.165) is 12.0 Å². The molecule has 1 heterocycles. The third-order valence-corrected chi connectivity index (χ3v) is 3.73. The highest BCUT2D eigenvalue weighted by Crippen LogP contribution is 2.34. The van der Waals surface area contributed by atoms with Gasteiger partial charge in [-0.05, 0) is 38.7 Å². The fourth-order valence-corrected chi connectivity index (χ4v) is 2.56. The molecule has 2 aliphatic rings. The van der Waals surface area contributed by atoms with Crippen LogP contribution in [-0.4, -0.2) is 23.1 Å². The number of ether oxygens (including phenoxy) is 1. The summed E-state index contributed by atoms with van der Waals surface area (Å²) < 4.78 is 5.29. The maximum absolute atomic E-state index is 11.6. The molecule has 0 aromatic rings. The molecule has 2 atom stereocenters. The van der Waals surface area contributed by atoms with Gasteiger partial charge in [-0.2, -0.15) is 0 Å². The van der Waals surface area contributed by atoms with Gasteiger partial charge < -0.3 is 9.84 Å². The van der Waals surface area contributed by atoms with E-state index in [1.165, 1.54) is 0 Å². The molecule has 2 rings (SSSR count). The number of aliphatic carboxylic acids is 1. The largest absolute Gasteiger partial charge is 0.478 e. The first-order chi connectivity index (χ1) is 8.99. The highest BCUT2D eigenvalue weighted by Gasteiger charge is 2.37. The lowest BCUT2D eigenvalue weighted by Crippen LogP contribution is -2.16. The zero-order valence-electron chi connectivity index (χ0n) is 11.0. The predicted molar refractivity (Wildman–Crippen MR) is 70.5 cm³/mol. The fraction of sp³-hybridized carbons (Fsp3) is 0.467. The van der Waals surface area contributed by atoms with Crippen LogP contribution in [-0.2, 0) is 14.3 Å². The number of carboxylic acids is 1. The first-order valence-corrected chi connectivity index (χ1v) is 6.48. The van der Waals surface area contributed by atoms with Crippen LogP contribution in [0.5, 0.6) is 0 Å². The summed E-state index contributed by atoms with van der Waals surface area (Å²) in [7, 11) is 0. The lowest BCUT2D eigenvalue weighted by molar-refractivity contribution is -0.137. The van der Waals surface area contributed by atoms with E-state index in [-0.39, 0.29) is 18.0 Å². The molecule has 1 aliphatic heterocycles. The number of esters is 1. The number of allylic oxidation sites excluding steroid dienone is 2. The molecule has 102 valence electrons. The molecule has 1 N–H and O–H groups in total. The van der Waals surface area contributed by atoms with Crippen molar-refractivity contribution < 1.29 is 19.4 Å². The molecule has 0 bridgehead atoms. The summed E-state index contributed by atoms with van der Waals surface area (Å²) in [4.78, 5) is 22.7. The first kappa shape index (κ1) is 13.6. The van der Waals surface area contributed by atoms with Crippen LogP contribution in [0.2, 0.25) is 0 Å². The van der Waals surface area contributed by atoms with Crippen LogP contribution in [0.3, 0.4) is 0 Å². The summed E-state index contributed by atoms with van der Waals surface area (Å²) >= 11 is 0. The van der Waals surface area contributed by atoms with Crippen LogP contribution in [0.4, 0.5) is 0 Å². The van der Waals surface area contributed by atoms with E-state index < -0.39 is 5.97 Å². The summed E-state index contributed by atoms with van der Waals surface area (Å²) in [6.07, 6.45) is 5.98. The predicted octanol–water partition coefficient (Wildman–Crippen LogP) is 2.62. The number of carbonyl (C=O) groups is 2. The zero-order valence-corrected chi connectivity index (χ0v) is 11.0. The van der Waals surface area contributed by atoms with Crippen molar-refractivity contribution in [2.75, 3.05) is 0 Å². The number of fused-ring (bicyclic) bond motifs is 1. The van der Waals surface area contributed by atoms with Crippen LogP contribution in [0.25, 0.3) is 0 Å². The molecule has 4 nitrogen and oxygen atoms in total. The Morgan fingerprint density at radius 2 is 2.21 bits per heavy atom. The molecule has 0 aromatic carbocycles. The number of hydrogen-bond donors (Lipinski definition) is 1. The molecule has 0 aromatic heterocycles. The summed E-state index contributed by atoms with van der Waals surface area (Å²) in [5.41, 5.74) is 1.99. The Balaban J connectivity index is 2.26. The van der Waals surface area contributed by atoms with Gasteiger partial charge in [-0.1, -0.05) is 18.2 Å². The van der Waals surface area contributed by atoms with Gasteiger partial charge in [-0.15, -0.1) is 0 Å². The summed E-state index contributed by atoms with van der Waals surface area (Å²) in [6, 6.07) is 0. The highest BCUT2D eigenvalue weighted by atomic mass is 16.5. The average Bonchev–Trinajstić information content (AvgIpc) is 2.60. The second-order valence-corrected chi connectivity index (χ2v) is 5.13. The minimum atomic E-state index is -0.880. The average molecular weight is 262 g/mol. The topological polar surface area (TPSA) is 63.6 Å². The van der Waals surface area contributed by atoms with Crippen molar-refractivity contribution in [3.8, 4) is 0 Å². The van der Waals surface area contributed by atoms with Crippen LogP contribution >= 0.6 is 0 Å². The number of hydrogen-bond acceptors (Lipinski definition) is 3. The van der Waals surface area contributed by atoms with Crippen molar-refractivity contribution in [2.24, 2.45) is 5.92 Å². The molecule has 0 saturated carbocycles. The molecule has 0 radical (unpaired) electrons. The van der Waals surface area contributed by atoms with Gasteiger partial charge in [0.25, 0.3) is 0 Å². The van der Waals surface area contributed by atoms with Gasteiger partial charge in [-0.25, -0.2) is 9.59 Å². The quantitative estimate of drug-likeness (QED) is 0.448. The van der Waals surface area contributed by atoms with Gasteiger partial charge in [0.05, 0.1) is 0 Å². The van der Waals surface area contributed by atoms with E-state index in [1.807, 2.05) is 13.0 Å². The Morgan fingerprint density at radius 1 is 1.47 bits per heavy atom. The van der Waals surface area contributed by atoms with Crippen LogP contribution in [0, 0.1) is 5.92 Å². The second kappa shape index (κ2) is 5.43. The van der Waals surface area contributed by atoms with Gasteiger partial charge in [0, 0.05) is 17.1 Å². The summed E-state index contributed by atoms with van der Waals surface area (Å²) in [5, 5.41) is 9.14. The van der Waals surface area contributed by atoms with E-state index in [9.17, 15) is 9.59 Å². The smallest absolute Gasteiger partial charge is 0.334 e. The first-order valence-electron chi connectivity index (χ1n) is 6.48. The highest BCUT2D eigenvalue weighted by molar-refractivity contribution is 5.91. The van der Waals surface area contributed by atoms with Crippen molar-refractivity contribution in [2.45, 2.75) is 38.7 Å². The van der Waals surface area contributed by atoms with Crippen molar-refractivity contribution in [1.82, 2.24) is 0 Å². The Hall–Kier alpha value is -1.84. The molecular weight excluding hydrogens is 244 g/mol. The number of rotatable bonds is 1. The van der Waals surface area contributed by atoms with E-state index in [2.05, 4.69) is 6.58 Å². The summed E-state index contributed by atoms with van der Waals surface area (Å²) in [6.45, 7) is 5.74. The van der Waals surface area contributed by atoms with Crippen molar-refractivity contribution >= 4 is 11.9 Å². The number of carboxylic acid groups (broad SMARTS) is 1. The Kier molecular flexibility index (Phi) is 3.88. The van der Waals surface area contributed by atoms with E-state index >= 15 is 0 Å². The Labute approximate surface area is 112 Å². The van der Waals surface area contributed by atoms with Gasteiger partial charge in [0.2, 0.25) is 0 Å². The molecule has 4 heteroatoms. The van der Waals surface area contributed by atoms with Crippen LogP contribution < -0.4 is 0 Å². The van der Waals surface area contributed by atoms with Crippen LogP contribution in [0.1, 0.15) is 32.6 Å². The standard InChI is InChI=1S/C15H18O4/c1-9-4-3-5-11(14(16)17)6-7-12-10(2)15(18)19-13(12)8-9/h5,8,12-13H,2-4,6-7H2,1H3,(H,16,17)/b9-8+,11-5+/t12-,13-/m0/s1. The fourth-order valence-electron chi connectivity index (χ4n) is 2.56. The van der Waals surface area contributed by atoms with Crippen molar-refractivity contribution in [3.63, 3.8) is 0 Å². The molecule has 1 aliphatic carbocycles. The van der Waals surface area contributed by atoms with Crippen molar-refractivity contribution in [3.05, 3.63) is 35.5 Å². The van der Waals surface area contributed by atoms with Gasteiger partial charge >= 0.3 is 11.9 Å². The molecule has 1 saturated heterocycles. The maximum atomic E-state index is 11.6. The Morgan fingerprint density at radius 3 is 2.89 bits per heavy atom. The third kappa shape index (κ3) is 2.95. The lowest BCUT2D eigenvalue weighted by Gasteiger charge is -2.17. The van der Waals surface area contributed by atoms with E-state index in [0.29, 0.717) is 30.4 Å². The minimum absolute atomic E-state index is 0.108. The monoisotopic (exact) mass is 262 g/mol. The molecule has 1 fully saturated rings. The maximum Gasteiger partial charge on any atom is 0.334 e. The van der Waals surface area contributed by atoms with Gasteiger partial charge in [0.15, 0.2) is 0 Å². The van der Waals surface area contributed by atoms with E-state index in [4.69, 9.17) is 9.84 Å². The zero-order chi connectivity index (χ0) is 14.0. The second-order valence-electron chi connectivity index (χ2n) is 5.13. The van der Waals surface area contributed by atoms with Gasteiger partial charge in [0.1, 0.15) is 6.10 Å². The van der Waals surface area contributed by atoms with E-state index in [1.54, 1.807) is 6.08 Å². The molecule has 0 amide bonds. The minimum Gasteiger partial charge on any atom is -0.478 e. The number of carbonyl (C=O) groups excluding carboxylic acids is 1. The van der Waals surface area contributed by atoms with Gasteiger partial charge in [-0.3, -0.25) is 0 Å². The lowest BCUT2D eigenvalue weighted by atomic mass is 9.88. The SMILES string of the molecule is C=C1C(=O)O[C@H]2/C=C(\C)CC/C=C(/C(=O)O)CC[C@@H]12. The molecule has 0 unspecified atom stereocenters. The summed E-state index contributed by atoms with van der Waals surface area (Å²) in [5.74, 6) is -1.35. The molecule has 19 heavy (non-hydrogen) atoms. The third-order valence-electron chi connectivity index (χ3n) is 3.73.